The molecule has 1 N–H and O–H groups in total. The molecule has 0 bridgehead atoms. The highest BCUT2D eigenvalue weighted by Crippen LogP contribution is 2.45. The molecule has 3 aromatic rings. The van der Waals surface area contributed by atoms with E-state index in [4.69, 9.17) is 23.2 Å². The Morgan fingerprint density at radius 1 is 0.865 bits per heavy atom. The SMILES string of the molecule is CC(C)CNC1(C(c2cc(F)cc(F)c2)S(C)(=O)=O)CN(C(c2ccc(Cl)cc2)c2ccc(Cl)cc2)C1. The van der Waals surface area contributed by atoms with Crippen molar-refractivity contribution < 1.29 is 17.2 Å². The summed E-state index contributed by atoms with van der Waals surface area (Å²) in [5.74, 6) is -1.38. The fraction of sp³-hybridized carbons (Fsp3) is 0.357. The molecular formula is C28H30Cl2F2N2O2S. The Morgan fingerprint density at radius 2 is 1.32 bits per heavy atom. The predicted octanol–water partition coefficient (Wildman–Crippen LogP) is 6.45. The molecule has 4 rings (SSSR count). The van der Waals surface area contributed by atoms with Gasteiger partial charge in [-0.25, -0.2) is 17.2 Å². The summed E-state index contributed by atoms with van der Waals surface area (Å²) in [6.45, 7) is 5.28. The van der Waals surface area contributed by atoms with E-state index in [1.54, 1.807) is 0 Å². The molecule has 0 radical (unpaired) electrons. The van der Waals surface area contributed by atoms with Crippen molar-refractivity contribution in [2.24, 2.45) is 5.92 Å². The van der Waals surface area contributed by atoms with Crippen LogP contribution in [0.15, 0.2) is 66.7 Å². The van der Waals surface area contributed by atoms with Crippen LogP contribution >= 0.6 is 23.2 Å². The number of nitrogens with zero attached hydrogens (tertiary/aromatic N) is 1. The number of sulfone groups is 1. The van der Waals surface area contributed by atoms with Crippen LogP contribution in [0.5, 0.6) is 0 Å². The van der Waals surface area contributed by atoms with Gasteiger partial charge in [0.25, 0.3) is 0 Å². The summed E-state index contributed by atoms with van der Waals surface area (Å²) < 4.78 is 54.8. The molecule has 9 heteroatoms. The van der Waals surface area contributed by atoms with E-state index in [0.717, 1.165) is 35.6 Å². The summed E-state index contributed by atoms with van der Waals surface area (Å²) >= 11 is 12.3. The fourth-order valence-corrected chi connectivity index (χ4v) is 7.18. The van der Waals surface area contributed by atoms with Gasteiger partial charge in [0.15, 0.2) is 9.84 Å². The minimum atomic E-state index is -3.76. The average Bonchev–Trinajstić information content (AvgIpc) is 2.77. The lowest BCUT2D eigenvalue weighted by Gasteiger charge is -2.57. The summed E-state index contributed by atoms with van der Waals surface area (Å²) in [7, 11) is -3.76. The standard InChI is InChI=1S/C28H30Cl2F2N2O2S/c1-18(2)15-33-28(27(37(3,35)36)21-12-24(31)14-25(32)13-21)16-34(17-28)26(19-4-8-22(29)9-5-19)20-6-10-23(30)11-7-20/h4-14,18,26-27,33H,15-17H2,1-3H3. The average molecular weight is 568 g/mol. The molecule has 0 aliphatic carbocycles. The van der Waals surface area contributed by atoms with Gasteiger partial charge >= 0.3 is 0 Å². The molecule has 0 amide bonds. The molecule has 0 spiro atoms. The Kier molecular flexibility index (Phi) is 8.31. The van der Waals surface area contributed by atoms with E-state index < -0.39 is 32.3 Å². The summed E-state index contributed by atoms with van der Waals surface area (Å²) in [6, 6.07) is 17.8. The Hall–Kier alpha value is -2.03. The Morgan fingerprint density at radius 3 is 1.73 bits per heavy atom. The highest BCUT2D eigenvalue weighted by molar-refractivity contribution is 7.91. The van der Waals surface area contributed by atoms with Crippen LogP contribution in [-0.2, 0) is 9.84 Å². The molecule has 1 aliphatic heterocycles. The highest BCUT2D eigenvalue weighted by Gasteiger charge is 2.55. The van der Waals surface area contributed by atoms with Crippen molar-refractivity contribution in [3.63, 3.8) is 0 Å². The van der Waals surface area contributed by atoms with Crippen molar-refractivity contribution in [2.75, 3.05) is 25.9 Å². The molecule has 1 fully saturated rings. The zero-order chi connectivity index (χ0) is 27.0. The van der Waals surface area contributed by atoms with E-state index in [9.17, 15) is 17.2 Å². The number of hydrogen-bond acceptors (Lipinski definition) is 4. The first-order valence-electron chi connectivity index (χ1n) is 12.0. The molecule has 0 saturated carbocycles. The second-order valence-corrected chi connectivity index (χ2v) is 13.3. The van der Waals surface area contributed by atoms with Gasteiger partial charge in [0, 0.05) is 35.5 Å². The van der Waals surface area contributed by atoms with E-state index >= 15 is 0 Å². The lowest BCUT2D eigenvalue weighted by molar-refractivity contribution is 0.0115. The Balaban J connectivity index is 1.77. The summed E-state index contributed by atoms with van der Waals surface area (Å²) in [5.41, 5.74) is 1.12. The van der Waals surface area contributed by atoms with Crippen molar-refractivity contribution >= 4 is 33.0 Å². The van der Waals surface area contributed by atoms with Crippen LogP contribution in [0.25, 0.3) is 0 Å². The molecule has 0 aromatic heterocycles. The summed E-state index contributed by atoms with van der Waals surface area (Å²) in [5, 5.41) is 3.55. The molecule has 4 nitrogen and oxygen atoms in total. The van der Waals surface area contributed by atoms with E-state index in [0.29, 0.717) is 29.7 Å². The van der Waals surface area contributed by atoms with Crippen LogP contribution in [0.2, 0.25) is 10.0 Å². The molecular weight excluding hydrogens is 537 g/mol. The van der Waals surface area contributed by atoms with Crippen molar-refractivity contribution in [3.05, 3.63) is 105 Å². The van der Waals surface area contributed by atoms with Gasteiger partial charge in [-0.1, -0.05) is 61.3 Å². The third kappa shape index (κ3) is 6.35. The Bertz CT molecular complexity index is 1280. The zero-order valence-corrected chi connectivity index (χ0v) is 23.2. The van der Waals surface area contributed by atoms with Crippen LogP contribution in [0, 0.1) is 17.6 Å². The van der Waals surface area contributed by atoms with Gasteiger partial charge in [0.1, 0.15) is 16.9 Å². The molecule has 3 aromatic carbocycles. The maximum atomic E-state index is 14.2. The smallest absolute Gasteiger partial charge is 0.156 e. The fourth-order valence-electron chi connectivity index (χ4n) is 5.25. The second kappa shape index (κ2) is 11.0. The number of halogens is 4. The molecule has 1 atom stereocenters. The molecule has 1 heterocycles. The van der Waals surface area contributed by atoms with Crippen LogP contribution < -0.4 is 5.32 Å². The number of nitrogens with one attached hydrogen (secondary N) is 1. The van der Waals surface area contributed by atoms with Crippen LogP contribution in [0.1, 0.15) is 41.8 Å². The van der Waals surface area contributed by atoms with Gasteiger partial charge in [-0.2, -0.15) is 0 Å². The van der Waals surface area contributed by atoms with Gasteiger partial charge in [0.05, 0.1) is 11.6 Å². The first-order valence-corrected chi connectivity index (χ1v) is 14.7. The van der Waals surface area contributed by atoms with Crippen molar-refractivity contribution in [1.82, 2.24) is 10.2 Å². The van der Waals surface area contributed by atoms with Gasteiger partial charge in [-0.15, -0.1) is 0 Å². The highest BCUT2D eigenvalue weighted by atomic mass is 35.5. The van der Waals surface area contributed by atoms with Crippen molar-refractivity contribution in [2.45, 2.75) is 30.7 Å². The minimum Gasteiger partial charge on any atom is -0.307 e. The monoisotopic (exact) mass is 566 g/mol. The molecule has 1 aliphatic rings. The number of hydrogen-bond donors (Lipinski definition) is 1. The van der Waals surface area contributed by atoms with Crippen molar-refractivity contribution in [1.29, 1.82) is 0 Å². The van der Waals surface area contributed by atoms with E-state index in [2.05, 4.69) is 10.2 Å². The second-order valence-electron chi connectivity index (χ2n) is 10.3. The minimum absolute atomic E-state index is 0.102. The largest absolute Gasteiger partial charge is 0.307 e. The number of likely N-dealkylation sites (tertiary alicyclic amines) is 1. The van der Waals surface area contributed by atoms with Crippen molar-refractivity contribution in [3.8, 4) is 0 Å². The first-order chi connectivity index (χ1) is 17.4. The third-order valence-electron chi connectivity index (χ3n) is 6.69. The normalized spacial score (nSPS) is 16.7. The predicted molar refractivity (Wildman–Crippen MR) is 146 cm³/mol. The lowest BCUT2D eigenvalue weighted by Crippen LogP contribution is -2.73. The lowest BCUT2D eigenvalue weighted by atomic mass is 9.79. The summed E-state index contributed by atoms with van der Waals surface area (Å²) in [4.78, 5) is 2.16. The topological polar surface area (TPSA) is 49.4 Å². The van der Waals surface area contributed by atoms with E-state index in [1.807, 2.05) is 62.4 Å². The van der Waals surface area contributed by atoms with Crippen LogP contribution in [0.4, 0.5) is 8.78 Å². The summed E-state index contributed by atoms with van der Waals surface area (Å²) in [6.07, 6.45) is 1.12. The maximum Gasteiger partial charge on any atom is 0.156 e. The first kappa shape index (κ1) is 28.0. The zero-order valence-electron chi connectivity index (χ0n) is 20.9. The van der Waals surface area contributed by atoms with Gasteiger partial charge < -0.3 is 5.32 Å². The van der Waals surface area contributed by atoms with E-state index in [1.165, 1.54) is 0 Å². The molecule has 198 valence electrons. The molecule has 1 saturated heterocycles. The van der Waals surface area contributed by atoms with Gasteiger partial charge in [0.2, 0.25) is 0 Å². The Labute approximate surface area is 227 Å². The molecule has 37 heavy (non-hydrogen) atoms. The maximum absolute atomic E-state index is 14.2. The van der Waals surface area contributed by atoms with Crippen LogP contribution in [-0.4, -0.2) is 44.7 Å². The van der Waals surface area contributed by atoms with Crippen LogP contribution in [0.3, 0.4) is 0 Å². The molecule has 1 unspecified atom stereocenters. The number of rotatable bonds is 9. The van der Waals surface area contributed by atoms with Gasteiger partial charge in [-0.3, -0.25) is 4.90 Å². The van der Waals surface area contributed by atoms with Gasteiger partial charge in [-0.05, 0) is 65.6 Å². The number of benzene rings is 3. The van der Waals surface area contributed by atoms with E-state index in [-0.39, 0.29) is 17.5 Å². The third-order valence-corrected chi connectivity index (χ3v) is 8.77. The quantitative estimate of drug-likeness (QED) is 0.323.